The van der Waals surface area contributed by atoms with Gasteiger partial charge >= 0.3 is 0 Å². The highest BCUT2D eigenvalue weighted by atomic mass is 16.7. The van der Waals surface area contributed by atoms with E-state index in [1.165, 1.54) is 28.4 Å². The Morgan fingerprint density at radius 2 is 0.986 bits per heavy atom. The molecule has 0 saturated carbocycles. The molecule has 4 aromatic rings. The molecule has 0 aliphatic carbocycles. The number of aromatic amines is 4. The van der Waals surface area contributed by atoms with E-state index in [4.69, 9.17) is 24.7 Å². The van der Waals surface area contributed by atoms with Crippen LogP contribution in [0, 0.1) is 0 Å². The van der Waals surface area contributed by atoms with Crippen molar-refractivity contribution in [3.63, 3.8) is 0 Å². The second-order valence-corrected chi connectivity index (χ2v) is 16.1. The molecule has 7 unspecified atom stereocenters. The maximum atomic E-state index is 11.9. The zero-order chi connectivity index (χ0) is 53.0. The van der Waals surface area contributed by atoms with Gasteiger partial charge in [0.25, 0.3) is 0 Å². The van der Waals surface area contributed by atoms with E-state index in [9.17, 15) is 34.5 Å². The number of carbonyl (C=O) groups excluding carboxylic acids is 4. The third kappa shape index (κ3) is 28.9. The third-order valence-electron chi connectivity index (χ3n) is 10.3. The predicted octanol–water partition coefficient (Wildman–Crippen LogP) is -0.847. The molecule has 4 aromatic heterocycles. The topological polar surface area (TPSA) is 369 Å². The lowest BCUT2D eigenvalue weighted by molar-refractivity contribution is -0.417. The second kappa shape index (κ2) is 41.7. The van der Waals surface area contributed by atoms with Crippen LogP contribution in [0.5, 0.6) is 0 Å². The first-order valence-electron chi connectivity index (χ1n) is 23.5. The molecular weight excluding hydrogens is 949 g/mol. The standard InChI is InChI=1S/C13H23N3O4.2C12H20N4O2.C9H17N3O3.2CH4/c1-4-5-11(17)16-10(6-9-7-14-8-15-9)12(18)13(19-2)20-3;2*1-3-4-12(18)16-10(11(17)7-13-2)5-9-6-14-8-15-9;1-14-9(15-2)8(13)7(10)3-6-4-11-5-12-6;;/h7-8,10,12-13,18H,4-6H2,1-3H3,(H,14,15)(H,16,17);6,8,10,13H,3-5,7H2,1-2H3,(H,14,15)(H,16,18);6-8,10-11,17H,3-5H2,1-2H3,(H,14,15)(H,16,18);4-5,7-9,13H,3,10H2,1-2H3,(H,11,12);2*1H4/p+1. The van der Waals surface area contributed by atoms with Crippen molar-refractivity contribution < 1.29 is 58.4 Å². The molecule has 0 aliphatic rings. The van der Waals surface area contributed by atoms with Crippen LogP contribution in [0.25, 0.3) is 0 Å². The number of likely N-dealkylation sites (N-methyl/N-ethyl adjacent to an activating group) is 1. The Bertz CT molecular complexity index is 1950. The van der Waals surface area contributed by atoms with Crippen molar-refractivity contribution in [3.8, 4) is 0 Å². The average Bonchev–Trinajstić information content (AvgIpc) is 4.22. The average molecular weight is 1040 g/mol. The van der Waals surface area contributed by atoms with Gasteiger partial charge in [-0.2, -0.15) is 0 Å². The number of H-pyrrole nitrogens is 4. The van der Waals surface area contributed by atoms with Crippen LogP contribution in [-0.4, -0.2) is 189 Å². The number of nitrogens with zero attached hydrogens (tertiary/aromatic N) is 4. The molecule has 0 fully saturated rings. The number of Topliss-reactive ketones (excluding diaryl/α,β-unsaturated/α-hetero) is 1. The molecular formula is C48H89N14O11+. The highest BCUT2D eigenvalue weighted by Gasteiger charge is 2.30. The number of hydrogen-bond donors (Lipinski definition) is 13. The van der Waals surface area contributed by atoms with Crippen molar-refractivity contribution in [1.29, 1.82) is 0 Å². The molecule has 14 N–H and O–H groups in total. The first-order valence-corrected chi connectivity index (χ1v) is 23.5. The smallest absolute Gasteiger partial charge is 0.220 e. The Hall–Kier alpha value is -5.77. The minimum absolute atomic E-state index is 0. The predicted molar refractivity (Wildman–Crippen MR) is 277 cm³/mol. The van der Waals surface area contributed by atoms with Crippen LogP contribution in [0.3, 0.4) is 0 Å². The summed E-state index contributed by atoms with van der Waals surface area (Å²) >= 11 is 0. The van der Waals surface area contributed by atoms with E-state index in [0.717, 1.165) is 42.0 Å². The van der Waals surface area contributed by atoms with Gasteiger partial charge < -0.3 is 81.2 Å². The van der Waals surface area contributed by atoms with Crippen LogP contribution in [0.1, 0.15) is 96.9 Å². The van der Waals surface area contributed by atoms with E-state index in [1.54, 1.807) is 70.4 Å². The number of aromatic nitrogens is 8. The molecule has 7 atom stereocenters. The quantitative estimate of drug-likeness (QED) is 0.0224. The van der Waals surface area contributed by atoms with Crippen LogP contribution >= 0.6 is 0 Å². The second-order valence-electron chi connectivity index (χ2n) is 16.1. The molecule has 0 aliphatic heterocycles. The molecule has 25 heteroatoms. The molecule has 3 amide bonds. The summed E-state index contributed by atoms with van der Waals surface area (Å²) in [4.78, 5) is 77.0. The van der Waals surface area contributed by atoms with Crippen molar-refractivity contribution in [1.82, 2.24) is 61.1 Å². The van der Waals surface area contributed by atoms with E-state index < -0.39 is 49.0 Å². The van der Waals surface area contributed by atoms with Gasteiger partial charge in [0.15, 0.2) is 30.7 Å². The molecule has 73 heavy (non-hydrogen) atoms. The first kappa shape index (κ1) is 69.3. The van der Waals surface area contributed by atoms with E-state index in [2.05, 4.69) is 66.1 Å². The number of ether oxygens (including phenoxy) is 4. The SMILES string of the molecule is C.C.CCCC(=O)NC(Cc1cnc[nH]1)C(=O)CNC.CCCC(=O)NC(Cc1cnc[nH]1)C(O)C(OC)OC.CCCC(=O)NC(Cc1cnc[nH]1)C(O)C=[NH+]C.COC(OC)C(O)C(N)Cc1cnc[nH]1. The number of rotatable bonds is 30. The number of amides is 3. The van der Waals surface area contributed by atoms with Gasteiger partial charge in [-0.15, -0.1) is 0 Å². The summed E-state index contributed by atoms with van der Waals surface area (Å²) in [7, 11) is 9.22. The fourth-order valence-electron chi connectivity index (χ4n) is 6.64. The number of carbonyl (C=O) groups is 4. The molecule has 0 radical (unpaired) electrons. The van der Waals surface area contributed by atoms with E-state index >= 15 is 0 Å². The highest BCUT2D eigenvalue weighted by Crippen LogP contribution is 2.11. The van der Waals surface area contributed by atoms with Gasteiger partial charge in [0, 0.05) is 127 Å². The normalized spacial score (nSPS) is 13.7. The van der Waals surface area contributed by atoms with Crippen molar-refractivity contribution in [3.05, 3.63) is 72.9 Å². The minimum Gasteiger partial charge on any atom is -0.386 e. The van der Waals surface area contributed by atoms with E-state index in [0.29, 0.717) is 44.9 Å². The lowest BCUT2D eigenvalue weighted by atomic mass is 10.0. The Balaban J connectivity index is 0. The van der Waals surface area contributed by atoms with Crippen molar-refractivity contribution in [2.75, 3.05) is 49.1 Å². The summed E-state index contributed by atoms with van der Waals surface area (Å²) in [5.41, 5.74) is 9.20. The lowest BCUT2D eigenvalue weighted by Gasteiger charge is -2.28. The first-order chi connectivity index (χ1) is 34.1. The van der Waals surface area contributed by atoms with Crippen molar-refractivity contribution >= 4 is 29.7 Å². The fraction of sp³-hybridized carbons (Fsp3) is 0.646. The lowest BCUT2D eigenvalue weighted by Crippen LogP contribution is -2.67. The Morgan fingerprint density at radius 1 is 0.616 bits per heavy atom. The van der Waals surface area contributed by atoms with Gasteiger partial charge in [0.1, 0.15) is 19.3 Å². The van der Waals surface area contributed by atoms with Crippen LogP contribution in [-0.2, 0) is 63.8 Å². The van der Waals surface area contributed by atoms with Crippen LogP contribution in [0.15, 0.2) is 50.1 Å². The summed E-state index contributed by atoms with van der Waals surface area (Å²) in [6, 6.07) is -1.84. The minimum atomic E-state index is -0.978. The number of nitrogens with two attached hydrogens (primary N) is 1. The molecule has 25 nitrogen and oxygen atoms in total. The number of imidazole rings is 4. The van der Waals surface area contributed by atoms with Gasteiger partial charge in [-0.05, 0) is 26.3 Å². The number of hydrogen-bond acceptors (Lipinski definition) is 17. The molecule has 0 aromatic carbocycles. The van der Waals surface area contributed by atoms with Crippen LogP contribution < -0.4 is 32.0 Å². The number of ketones is 1. The van der Waals surface area contributed by atoms with Crippen LogP contribution in [0.2, 0.25) is 0 Å². The zero-order valence-electron chi connectivity index (χ0n) is 42.6. The summed E-state index contributed by atoms with van der Waals surface area (Å²) in [6.45, 7) is 6.04. The molecule has 4 heterocycles. The largest absolute Gasteiger partial charge is 0.386 e. The van der Waals surface area contributed by atoms with E-state index in [1.807, 2.05) is 20.8 Å². The number of aliphatic hydroxyl groups excluding tert-OH is 3. The van der Waals surface area contributed by atoms with Gasteiger partial charge in [0.2, 0.25) is 17.7 Å². The third-order valence-corrected chi connectivity index (χ3v) is 10.3. The van der Waals surface area contributed by atoms with Gasteiger partial charge in [-0.25, -0.2) is 19.9 Å². The zero-order valence-corrected chi connectivity index (χ0v) is 42.6. The maximum Gasteiger partial charge on any atom is 0.220 e. The van der Waals surface area contributed by atoms with Gasteiger partial charge in [-0.3, -0.25) is 24.2 Å². The Morgan fingerprint density at radius 3 is 1.36 bits per heavy atom. The highest BCUT2D eigenvalue weighted by molar-refractivity contribution is 5.90. The summed E-state index contributed by atoms with van der Waals surface area (Å²) < 4.78 is 20.0. The van der Waals surface area contributed by atoms with Crippen molar-refractivity contribution in [2.45, 2.75) is 155 Å². The van der Waals surface area contributed by atoms with E-state index in [-0.39, 0.29) is 50.9 Å². The maximum absolute atomic E-state index is 11.9. The Kier molecular flexibility index (Phi) is 39.6. The molecule has 0 spiro atoms. The summed E-state index contributed by atoms with van der Waals surface area (Å²) in [5, 5.41) is 41.2. The molecule has 0 bridgehead atoms. The van der Waals surface area contributed by atoms with Crippen LogP contribution in [0.4, 0.5) is 0 Å². The van der Waals surface area contributed by atoms with Crippen molar-refractivity contribution in [2.24, 2.45) is 5.73 Å². The van der Waals surface area contributed by atoms with Gasteiger partial charge in [0.05, 0.1) is 50.0 Å². The summed E-state index contributed by atoms with van der Waals surface area (Å²) in [5.74, 6) is -0.282. The molecule has 0 saturated heterocycles. The van der Waals surface area contributed by atoms with Gasteiger partial charge in [-0.1, -0.05) is 35.6 Å². The fourth-order valence-corrected chi connectivity index (χ4v) is 6.64. The number of aliphatic hydroxyl groups is 3. The molecule has 4 rings (SSSR count). The molecule has 416 valence electrons. The monoisotopic (exact) mass is 1040 g/mol. The number of nitrogens with one attached hydrogen (secondary N) is 9. The Labute approximate surface area is 430 Å². The number of methoxy groups -OCH3 is 4. The summed E-state index contributed by atoms with van der Waals surface area (Å²) in [6.07, 6.45) is 15.8.